The summed E-state index contributed by atoms with van der Waals surface area (Å²) in [6.45, 7) is -0.155. The molecule has 0 atom stereocenters. The maximum absolute atomic E-state index is 11.1. The van der Waals surface area contributed by atoms with Crippen molar-refractivity contribution in [2.75, 3.05) is 13.7 Å². The first-order valence-corrected chi connectivity index (χ1v) is 7.76. The van der Waals surface area contributed by atoms with E-state index in [0.717, 1.165) is 32.9 Å². The van der Waals surface area contributed by atoms with E-state index in [1.165, 1.54) is 7.11 Å². The van der Waals surface area contributed by atoms with Crippen LogP contribution in [0.2, 0.25) is 0 Å². The van der Waals surface area contributed by atoms with E-state index < -0.39 is 5.97 Å². The van der Waals surface area contributed by atoms with E-state index in [4.69, 9.17) is 4.74 Å². The predicted octanol–water partition coefficient (Wildman–Crippen LogP) is 3.33. The molecule has 0 aliphatic carbocycles. The first kappa shape index (κ1) is 15.1. The van der Waals surface area contributed by atoms with Crippen LogP contribution < -0.4 is 4.74 Å². The molecule has 4 rings (SSSR count). The highest BCUT2D eigenvalue weighted by molar-refractivity contribution is 6.07. The molecule has 6 heteroatoms. The van der Waals surface area contributed by atoms with E-state index in [9.17, 15) is 4.79 Å². The molecule has 0 spiro atoms. The van der Waals surface area contributed by atoms with Crippen molar-refractivity contribution in [1.29, 1.82) is 0 Å². The first-order chi connectivity index (χ1) is 12.2. The summed E-state index contributed by atoms with van der Waals surface area (Å²) in [4.78, 5) is 22.9. The summed E-state index contributed by atoms with van der Waals surface area (Å²) in [5.74, 6) is -0.0588. The molecule has 0 saturated heterocycles. The van der Waals surface area contributed by atoms with Crippen LogP contribution in [0.5, 0.6) is 5.88 Å². The fraction of sp³-hybridized carbons (Fsp3) is 0.105. The number of methoxy groups -OCH3 is 1. The standard InChI is InChI=1S/C19H15N3O3/c1-24-19(23)11-25-18-5-3-13(9-21-18)12-2-4-14-15-10-20-7-6-16(15)22-17(14)8-12/h2-10,22H,11H2,1H3. The van der Waals surface area contributed by atoms with Crippen LogP contribution >= 0.6 is 0 Å². The third-order valence-electron chi connectivity index (χ3n) is 4.04. The summed E-state index contributed by atoms with van der Waals surface area (Å²) < 4.78 is 9.79. The van der Waals surface area contributed by atoms with Crippen LogP contribution in [0.15, 0.2) is 55.0 Å². The zero-order chi connectivity index (χ0) is 17.2. The third kappa shape index (κ3) is 2.89. The van der Waals surface area contributed by atoms with E-state index in [1.54, 1.807) is 18.5 Å². The molecule has 0 aliphatic heterocycles. The first-order valence-electron chi connectivity index (χ1n) is 7.76. The van der Waals surface area contributed by atoms with Gasteiger partial charge in [-0.15, -0.1) is 0 Å². The van der Waals surface area contributed by atoms with Gasteiger partial charge in [0.05, 0.1) is 7.11 Å². The number of aromatic amines is 1. The number of H-pyrrole nitrogens is 1. The number of benzene rings is 1. The number of pyridine rings is 2. The lowest BCUT2D eigenvalue weighted by atomic mass is 10.1. The summed E-state index contributed by atoms with van der Waals surface area (Å²) in [6.07, 6.45) is 5.36. The van der Waals surface area contributed by atoms with Crippen LogP contribution in [0.3, 0.4) is 0 Å². The lowest BCUT2D eigenvalue weighted by Gasteiger charge is -2.05. The van der Waals surface area contributed by atoms with Gasteiger partial charge in [0.2, 0.25) is 5.88 Å². The van der Waals surface area contributed by atoms with Gasteiger partial charge >= 0.3 is 5.97 Å². The average molecular weight is 333 g/mol. The van der Waals surface area contributed by atoms with Crippen LogP contribution in [0.4, 0.5) is 0 Å². The molecule has 0 radical (unpaired) electrons. The fourth-order valence-corrected chi connectivity index (χ4v) is 2.75. The molecular formula is C19H15N3O3. The fourth-order valence-electron chi connectivity index (χ4n) is 2.75. The largest absolute Gasteiger partial charge is 0.466 e. The molecule has 0 aliphatic rings. The molecule has 0 fully saturated rings. The van der Waals surface area contributed by atoms with Crippen molar-refractivity contribution in [2.45, 2.75) is 0 Å². The van der Waals surface area contributed by atoms with Crippen LogP contribution in [-0.2, 0) is 9.53 Å². The van der Waals surface area contributed by atoms with Crippen molar-refractivity contribution in [2.24, 2.45) is 0 Å². The van der Waals surface area contributed by atoms with E-state index in [0.29, 0.717) is 5.88 Å². The number of hydrogen-bond donors (Lipinski definition) is 1. The Balaban J connectivity index is 1.62. The van der Waals surface area contributed by atoms with Crippen molar-refractivity contribution in [3.05, 3.63) is 55.0 Å². The Bertz CT molecular complexity index is 1050. The predicted molar refractivity (Wildman–Crippen MR) is 94.3 cm³/mol. The second kappa shape index (κ2) is 6.24. The number of hydrogen-bond acceptors (Lipinski definition) is 5. The number of esters is 1. The minimum Gasteiger partial charge on any atom is -0.466 e. The summed E-state index contributed by atoms with van der Waals surface area (Å²) in [5, 5.41) is 2.24. The van der Waals surface area contributed by atoms with Gasteiger partial charge < -0.3 is 14.5 Å². The molecule has 4 aromatic rings. The Hall–Kier alpha value is -3.41. The van der Waals surface area contributed by atoms with Crippen molar-refractivity contribution < 1.29 is 14.3 Å². The van der Waals surface area contributed by atoms with Gasteiger partial charge in [-0.05, 0) is 23.8 Å². The maximum Gasteiger partial charge on any atom is 0.343 e. The van der Waals surface area contributed by atoms with Crippen LogP contribution in [0.1, 0.15) is 0 Å². The van der Waals surface area contributed by atoms with Crippen LogP contribution in [0, 0.1) is 0 Å². The number of rotatable bonds is 4. The van der Waals surface area contributed by atoms with Crippen molar-refractivity contribution in [3.63, 3.8) is 0 Å². The van der Waals surface area contributed by atoms with E-state index in [2.05, 4.69) is 37.9 Å². The van der Waals surface area contributed by atoms with Gasteiger partial charge in [0.25, 0.3) is 0 Å². The van der Waals surface area contributed by atoms with E-state index in [-0.39, 0.29) is 6.61 Å². The van der Waals surface area contributed by atoms with Crippen LogP contribution in [0.25, 0.3) is 32.9 Å². The number of nitrogens with one attached hydrogen (secondary N) is 1. The molecule has 3 aromatic heterocycles. The quantitative estimate of drug-likeness (QED) is 0.580. The van der Waals surface area contributed by atoms with Crippen molar-refractivity contribution in [3.8, 4) is 17.0 Å². The van der Waals surface area contributed by atoms with Gasteiger partial charge in [-0.25, -0.2) is 9.78 Å². The van der Waals surface area contributed by atoms with Crippen molar-refractivity contribution in [1.82, 2.24) is 15.0 Å². The van der Waals surface area contributed by atoms with Crippen molar-refractivity contribution >= 4 is 27.8 Å². The summed E-state index contributed by atoms with van der Waals surface area (Å²) >= 11 is 0. The zero-order valence-corrected chi connectivity index (χ0v) is 13.5. The lowest BCUT2D eigenvalue weighted by Crippen LogP contribution is -2.13. The molecule has 6 nitrogen and oxygen atoms in total. The number of fused-ring (bicyclic) bond motifs is 3. The molecule has 0 saturated carbocycles. The molecule has 3 heterocycles. The molecule has 25 heavy (non-hydrogen) atoms. The zero-order valence-electron chi connectivity index (χ0n) is 13.5. The SMILES string of the molecule is COC(=O)COc1ccc(-c2ccc3c(c2)[nH]c2ccncc23)cn1. The summed E-state index contributed by atoms with van der Waals surface area (Å²) in [5.41, 5.74) is 4.11. The van der Waals surface area contributed by atoms with E-state index >= 15 is 0 Å². The van der Waals surface area contributed by atoms with Gasteiger partial charge in [-0.2, -0.15) is 0 Å². The molecule has 0 unspecified atom stereocenters. The molecule has 124 valence electrons. The van der Waals surface area contributed by atoms with Gasteiger partial charge in [-0.3, -0.25) is 4.98 Å². The normalized spacial score (nSPS) is 10.9. The summed E-state index contributed by atoms with van der Waals surface area (Å²) in [6, 6.07) is 11.8. The smallest absolute Gasteiger partial charge is 0.343 e. The number of nitrogens with zero attached hydrogens (tertiary/aromatic N) is 2. The Morgan fingerprint density at radius 3 is 2.72 bits per heavy atom. The molecule has 1 N–H and O–H groups in total. The molecular weight excluding hydrogens is 318 g/mol. The Morgan fingerprint density at radius 2 is 1.92 bits per heavy atom. The highest BCUT2D eigenvalue weighted by atomic mass is 16.6. The van der Waals surface area contributed by atoms with Gasteiger partial charge in [-0.1, -0.05) is 12.1 Å². The monoisotopic (exact) mass is 333 g/mol. The van der Waals surface area contributed by atoms with Crippen LogP contribution in [-0.4, -0.2) is 34.6 Å². The number of carbonyl (C=O) groups excluding carboxylic acids is 1. The minimum absolute atomic E-state index is 0.155. The number of carbonyl (C=O) groups is 1. The molecule has 0 bridgehead atoms. The lowest BCUT2D eigenvalue weighted by molar-refractivity contribution is -0.143. The number of aromatic nitrogens is 3. The third-order valence-corrected chi connectivity index (χ3v) is 4.04. The minimum atomic E-state index is -0.440. The Labute approximate surface area is 143 Å². The Morgan fingerprint density at radius 1 is 1.04 bits per heavy atom. The highest BCUT2D eigenvalue weighted by Crippen LogP contribution is 2.29. The maximum atomic E-state index is 11.1. The number of ether oxygens (including phenoxy) is 2. The highest BCUT2D eigenvalue weighted by Gasteiger charge is 2.07. The van der Waals surface area contributed by atoms with Gasteiger partial charge in [0.15, 0.2) is 6.61 Å². The topological polar surface area (TPSA) is 77.1 Å². The molecule has 0 amide bonds. The summed E-state index contributed by atoms with van der Waals surface area (Å²) in [7, 11) is 1.32. The second-order valence-corrected chi connectivity index (χ2v) is 5.56. The second-order valence-electron chi connectivity index (χ2n) is 5.56. The average Bonchev–Trinajstić information content (AvgIpc) is 3.04. The van der Waals surface area contributed by atoms with E-state index in [1.807, 2.05) is 18.3 Å². The van der Waals surface area contributed by atoms with Gasteiger partial charge in [0, 0.05) is 52.0 Å². The molecule has 1 aromatic carbocycles. The Kier molecular flexibility index (Phi) is 3.78. The van der Waals surface area contributed by atoms with Gasteiger partial charge in [0.1, 0.15) is 0 Å².